The summed E-state index contributed by atoms with van der Waals surface area (Å²) in [5.41, 5.74) is 5.27. The van der Waals surface area contributed by atoms with Crippen LogP contribution in [-0.4, -0.2) is 48.1 Å². The van der Waals surface area contributed by atoms with Gasteiger partial charge in [-0.1, -0.05) is 6.07 Å². The van der Waals surface area contributed by atoms with E-state index in [1.54, 1.807) is 22.8 Å². The van der Waals surface area contributed by atoms with Crippen molar-refractivity contribution in [3.05, 3.63) is 48.8 Å². The first-order valence-corrected chi connectivity index (χ1v) is 12.0. The van der Waals surface area contributed by atoms with Crippen LogP contribution in [0.1, 0.15) is 32.7 Å². The van der Waals surface area contributed by atoms with Crippen molar-refractivity contribution in [2.45, 2.75) is 38.8 Å². The van der Waals surface area contributed by atoms with Crippen LogP contribution in [0.4, 0.5) is 27.5 Å². The maximum absolute atomic E-state index is 13.4. The van der Waals surface area contributed by atoms with Gasteiger partial charge < -0.3 is 19.9 Å². The van der Waals surface area contributed by atoms with E-state index in [9.17, 15) is 9.59 Å². The van der Waals surface area contributed by atoms with Gasteiger partial charge in [0.05, 0.1) is 47.7 Å². The average molecular weight is 473 g/mol. The van der Waals surface area contributed by atoms with Gasteiger partial charge in [0, 0.05) is 38.3 Å². The SMILES string of the molecule is CC(=O)N1c2ccc(-c3cnn(C4CC4)c3)cc2N(C(=O)Oc2ccc3c(c2)NCN3C)CC1C. The first-order valence-electron chi connectivity index (χ1n) is 12.0. The molecule has 9 heteroatoms. The first kappa shape index (κ1) is 21.5. The number of fused-ring (bicyclic) bond motifs is 2. The van der Waals surface area contributed by atoms with Crippen LogP contribution in [0.15, 0.2) is 48.8 Å². The number of hydrogen-bond acceptors (Lipinski definition) is 6. The Morgan fingerprint density at radius 2 is 1.86 bits per heavy atom. The predicted octanol–water partition coefficient (Wildman–Crippen LogP) is 4.46. The number of anilines is 4. The topological polar surface area (TPSA) is 82.9 Å². The third kappa shape index (κ3) is 3.77. The molecule has 0 radical (unpaired) electrons. The molecule has 3 heterocycles. The highest BCUT2D eigenvalue weighted by Gasteiger charge is 2.35. The predicted molar refractivity (Wildman–Crippen MR) is 135 cm³/mol. The first-order chi connectivity index (χ1) is 16.9. The van der Waals surface area contributed by atoms with Gasteiger partial charge in [0.25, 0.3) is 0 Å². The minimum Gasteiger partial charge on any atom is -0.410 e. The molecular formula is C26H28N6O3. The lowest BCUT2D eigenvalue weighted by atomic mass is 10.0. The molecule has 2 aliphatic heterocycles. The second-order valence-electron chi connectivity index (χ2n) is 9.57. The van der Waals surface area contributed by atoms with Crippen LogP contribution < -0.4 is 24.8 Å². The van der Waals surface area contributed by atoms with E-state index in [-0.39, 0.29) is 11.9 Å². The van der Waals surface area contributed by atoms with Crippen LogP contribution in [0.5, 0.6) is 5.75 Å². The van der Waals surface area contributed by atoms with E-state index in [0.29, 0.717) is 36.4 Å². The summed E-state index contributed by atoms with van der Waals surface area (Å²) < 4.78 is 7.82. The van der Waals surface area contributed by atoms with Gasteiger partial charge in [-0.05, 0) is 49.6 Å². The summed E-state index contributed by atoms with van der Waals surface area (Å²) in [4.78, 5) is 31.4. The maximum atomic E-state index is 13.4. The Bertz CT molecular complexity index is 1330. The number of nitrogens with one attached hydrogen (secondary N) is 1. The van der Waals surface area contributed by atoms with E-state index in [0.717, 1.165) is 35.3 Å². The van der Waals surface area contributed by atoms with Crippen LogP contribution >= 0.6 is 0 Å². The lowest BCUT2D eigenvalue weighted by Gasteiger charge is -2.40. The van der Waals surface area contributed by atoms with Crippen LogP contribution in [-0.2, 0) is 4.79 Å². The average Bonchev–Trinajstić information content (AvgIpc) is 3.45. The number of carbonyl (C=O) groups is 2. The molecule has 9 nitrogen and oxygen atoms in total. The number of carbonyl (C=O) groups excluding carboxylic acids is 2. The van der Waals surface area contributed by atoms with Crippen molar-refractivity contribution in [1.29, 1.82) is 0 Å². The second-order valence-corrected chi connectivity index (χ2v) is 9.57. The lowest BCUT2D eigenvalue weighted by Crippen LogP contribution is -2.52. The Morgan fingerprint density at radius 3 is 2.63 bits per heavy atom. The van der Waals surface area contributed by atoms with Crippen molar-refractivity contribution in [3.8, 4) is 16.9 Å². The summed E-state index contributed by atoms with van der Waals surface area (Å²) in [6.07, 6.45) is 5.74. The number of rotatable bonds is 3. The number of aromatic nitrogens is 2. The Hall–Kier alpha value is -4.01. The Balaban J connectivity index is 1.34. The van der Waals surface area contributed by atoms with Crippen molar-refractivity contribution < 1.29 is 14.3 Å². The number of hydrogen-bond donors (Lipinski definition) is 1. The highest BCUT2D eigenvalue weighted by molar-refractivity contribution is 6.03. The summed E-state index contributed by atoms with van der Waals surface area (Å²) in [5, 5.41) is 7.80. The van der Waals surface area contributed by atoms with Crippen molar-refractivity contribution in [2.24, 2.45) is 0 Å². The molecule has 1 N–H and O–H groups in total. The highest BCUT2D eigenvalue weighted by Crippen LogP contribution is 2.41. The normalized spacial score (nSPS) is 18.7. The summed E-state index contributed by atoms with van der Waals surface area (Å²) >= 11 is 0. The van der Waals surface area contributed by atoms with Gasteiger partial charge >= 0.3 is 6.09 Å². The van der Waals surface area contributed by atoms with Gasteiger partial charge in [-0.2, -0.15) is 5.10 Å². The van der Waals surface area contributed by atoms with E-state index in [1.165, 1.54) is 0 Å². The van der Waals surface area contributed by atoms with Gasteiger partial charge in [-0.3, -0.25) is 14.4 Å². The van der Waals surface area contributed by atoms with Crippen LogP contribution in [0.25, 0.3) is 11.1 Å². The Labute approximate surface area is 203 Å². The van der Waals surface area contributed by atoms with Gasteiger partial charge in [-0.15, -0.1) is 0 Å². The zero-order valence-electron chi connectivity index (χ0n) is 20.1. The fourth-order valence-corrected chi connectivity index (χ4v) is 4.98. The molecule has 6 rings (SSSR count). The monoisotopic (exact) mass is 472 g/mol. The van der Waals surface area contributed by atoms with Crippen molar-refractivity contribution >= 4 is 34.7 Å². The molecule has 1 fully saturated rings. The van der Waals surface area contributed by atoms with Crippen LogP contribution in [0.3, 0.4) is 0 Å². The number of nitrogens with zero attached hydrogens (tertiary/aromatic N) is 5. The summed E-state index contributed by atoms with van der Waals surface area (Å²) in [7, 11) is 2.00. The zero-order chi connectivity index (χ0) is 24.3. The fourth-order valence-electron chi connectivity index (χ4n) is 4.98. The van der Waals surface area contributed by atoms with Gasteiger partial charge in [0.15, 0.2) is 0 Å². The van der Waals surface area contributed by atoms with Gasteiger partial charge in [-0.25, -0.2) is 4.79 Å². The molecule has 180 valence electrons. The third-order valence-corrected chi connectivity index (χ3v) is 6.92. The zero-order valence-corrected chi connectivity index (χ0v) is 20.1. The molecule has 1 atom stereocenters. The van der Waals surface area contributed by atoms with Crippen molar-refractivity contribution in [3.63, 3.8) is 0 Å². The summed E-state index contributed by atoms with van der Waals surface area (Å²) in [6, 6.07) is 11.7. The molecule has 1 unspecified atom stereocenters. The molecule has 3 aromatic rings. The third-order valence-electron chi connectivity index (χ3n) is 6.92. The fraction of sp³-hybridized carbons (Fsp3) is 0.346. The minimum atomic E-state index is -0.474. The van der Waals surface area contributed by atoms with Gasteiger partial charge in [0.1, 0.15) is 5.75 Å². The molecule has 1 saturated carbocycles. The summed E-state index contributed by atoms with van der Waals surface area (Å²) in [6.45, 7) is 4.54. The molecular weight excluding hydrogens is 444 g/mol. The minimum absolute atomic E-state index is 0.0603. The number of ether oxygens (including phenoxy) is 1. The largest absolute Gasteiger partial charge is 0.419 e. The quantitative estimate of drug-likeness (QED) is 0.606. The van der Waals surface area contributed by atoms with E-state index in [1.807, 2.05) is 61.4 Å². The highest BCUT2D eigenvalue weighted by atomic mass is 16.6. The van der Waals surface area contributed by atoms with E-state index in [2.05, 4.69) is 15.3 Å². The summed E-state index contributed by atoms with van der Waals surface area (Å²) in [5.74, 6) is 0.413. The van der Waals surface area contributed by atoms with E-state index >= 15 is 0 Å². The molecule has 35 heavy (non-hydrogen) atoms. The number of benzene rings is 2. The van der Waals surface area contributed by atoms with Crippen molar-refractivity contribution in [1.82, 2.24) is 9.78 Å². The molecule has 0 spiro atoms. The Morgan fingerprint density at radius 1 is 1.06 bits per heavy atom. The standard InChI is InChI=1S/C26H28N6O3/c1-16-13-30(26(34)35-21-7-9-23-22(11-21)27-15-29(23)3)25-10-18(4-8-24(25)32(16)17(2)33)19-12-28-31(14-19)20-5-6-20/h4,7-12,14,16,20,27H,5-6,13,15H2,1-3H3. The molecule has 0 saturated heterocycles. The van der Waals surface area contributed by atoms with E-state index in [4.69, 9.17) is 4.74 Å². The second kappa shape index (κ2) is 8.04. The molecule has 2 aromatic carbocycles. The molecule has 1 aliphatic carbocycles. The smallest absolute Gasteiger partial charge is 0.410 e. The molecule has 0 bridgehead atoms. The maximum Gasteiger partial charge on any atom is 0.419 e. The van der Waals surface area contributed by atoms with Crippen molar-refractivity contribution in [2.75, 3.05) is 40.3 Å². The van der Waals surface area contributed by atoms with Gasteiger partial charge in [0.2, 0.25) is 5.91 Å². The van der Waals surface area contributed by atoms with E-state index < -0.39 is 6.09 Å². The number of amides is 2. The molecule has 1 aromatic heterocycles. The molecule has 3 aliphatic rings. The lowest BCUT2D eigenvalue weighted by molar-refractivity contribution is -0.117. The Kier molecular flexibility index (Phi) is 4.94. The molecule has 2 amide bonds. The van der Waals surface area contributed by atoms with Crippen LogP contribution in [0, 0.1) is 0 Å². The van der Waals surface area contributed by atoms with Crippen LogP contribution in [0.2, 0.25) is 0 Å².